The third-order valence-corrected chi connectivity index (χ3v) is 5.98. The Morgan fingerprint density at radius 3 is 2.03 bits per heavy atom. The first kappa shape index (κ1) is 32.8. The van der Waals surface area contributed by atoms with Crippen LogP contribution in [0.4, 0.5) is 0 Å². The number of amides is 2. The summed E-state index contributed by atoms with van der Waals surface area (Å²) in [5.74, 6) is 4.76. The van der Waals surface area contributed by atoms with Crippen molar-refractivity contribution in [1.82, 2.24) is 10.2 Å². The Morgan fingerprint density at radius 2 is 1.60 bits per heavy atom. The lowest BCUT2D eigenvalue weighted by Gasteiger charge is -2.16. The van der Waals surface area contributed by atoms with Crippen LogP contribution < -0.4 is 5.32 Å². The highest BCUT2D eigenvalue weighted by atomic mass is 32.2. The van der Waals surface area contributed by atoms with Crippen LogP contribution in [0.5, 0.6) is 0 Å². The highest BCUT2D eigenvalue weighted by molar-refractivity contribution is 8.12. The van der Waals surface area contributed by atoms with Crippen molar-refractivity contribution >= 4 is 29.0 Å². The molecule has 35 heavy (non-hydrogen) atoms. The van der Waals surface area contributed by atoms with Crippen LogP contribution >= 0.6 is 11.8 Å². The first-order chi connectivity index (χ1) is 16.5. The summed E-state index contributed by atoms with van der Waals surface area (Å²) in [5.41, 5.74) is 3.52. The molecule has 0 aliphatic carbocycles. The van der Waals surface area contributed by atoms with E-state index in [4.69, 9.17) is 0 Å². The predicted octanol–water partition coefficient (Wildman–Crippen LogP) is 7.67. The number of hydrogen-bond acceptors (Lipinski definition) is 3. The van der Waals surface area contributed by atoms with Gasteiger partial charge in [-0.05, 0) is 73.6 Å². The fraction of sp³-hybridized carbons (Fsp3) is 0.600. The Labute approximate surface area is 219 Å². The Bertz CT molecular complexity index is 819. The lowest BCUT2D eigenvalue weighted by atomic mass is 10.0. The number of likely N-dealkylation sites (tertiary alicyclic amines) is 1. The van der Waals surface area contributed by atoms with Gasteiger partial charge in [0.2, 0.25) is 12.3 Å². The van der Waals surface area contributed by atoms with E-state index in [2.05, 4.69) is 77.1 Å². The smallest absolute Gasteiger partial charge is 0.222 e. The molecule has 1 fully saturated rings. The van der Waals surface area contributed by atoms with E-state index >= 15 is 0 Å². The van der Waals surface area contributed by atoms with E-state index in [1.165, 1.54) is 28.9 Å². The summed E-state index contributed by atoms with van der Waals surface area (Å²) in [5, 5.41) is 5.88. The number of hydrogen-bond donors (Lipinski definition) is 1. The Morgan fingerprint density at radius 1 is 1.06 bits per heavy atom. The molecule has 1 atom stereocenters. The van der Waals surface area contributed by atoms with E-state index in [1.54, 1.807) is 11.8 Å². The molecular weight excluding hydrogens is 452 g/mol. The summed E-state index contributed by atoms with van der Waals surface area (Å²) in [6, 6.07) is 8.30. The second-order valence-corrected chi connectivity index (χ2v) is 10.9. The fourth-order valence-electron chi connectivity index (χ4n) is 3.18. The van der Waals surface area contributed by atoms with Gasteiger partial charge in [0.15, 0.2) is 0 Å². The van der Waals surface area contributed by atoms with Crippen LogP contribution in [0.15, 0.2) is 29.8 Å². The molecule has 2 amide bonds. The van der Waals surface area contributed by atoms with Crippen LogP contribution in [0.3, 0.4) is 0 Å². The molecule has 2 rings (SSSR count). The van der Waals surface area contributed by atoms with Crippen molar-refractivity contribution in [3.63, 3.8) is 0 Å². The number of carbonyl (C=O) groups is 2. The molecule has 1 aliphatic rings. The molecular formula is C30H48N2O2S. The molecule has 5 heteroatoms. The number of rotatable bonds is 7. The van der Waals surface area contributed by atoms with Gasteiger partial charge >= 0.3 is 0 Å². The SMILES string of the molecule is CC(C)C.CC(C)CC(=O)N1CCCC1.CCC#CSC(=C(C)C)c1ccc(C(C)NC=O)cc1. The van der Waals surface area contributed by atoms with E-state index < -0.39 is 0 Å². The van der Waals surface area contributed by atoms with Crippen LogP contribution in [0.1, 0.15) is 105 Å². The monoisotopic (exact) mass is 500 g/mol. The maximum Gasteiger partial charge on any atom is 0.222 e. The zero-order chi connectivity index (χ0) is 26.8. The van der Waals surface area contributed by atoms with Gasteiger partial charge in [-0.15, -0.1) is 0 Å². The molecule has 0 spiro atoms. The Kier molecular flexibility index (Phi) is 17.9. The second kappa shape index (κ2) is 19.1. The summed E-state index contributed by atoms with van der Waals surface area (Å²) in [7, 11) is 0. The minimum Gasteiger partial charge on any atom is -0.352 e. The lowest BCUT2D eigenvalue weighted by Crippen LogP contribution is -2.28. The second-order valence-electron chi connectivity index (χ2n) is 10.1. The largest absolute Gasteiger partial charge is 0.352 e. The zero-order valence-electron chi connectivity index (χ0n) is 23.5. The summed E-state index contributed by atoms with van der Waals surface area (Å²) in [6.07, 6.45) is 4.72. The minimum atomic E-state index is 0.0317. The molecule has 0 aromatic heterocycles. The molecule has 4 nitrogen and oxygen atoms in total. The maximum absolute atomic E-state index is 11.4. The van der Waals surface area contributed by atoms with Gasteiger partial charge < -0.3 is 10.2 Å². The zero-order valence-corrected chi connectivity index (χ0v) is 24.3. The summed E-state index contributed by atoms with van der Waals surface area (Å²) >= 11 is 1.58. The molecule has 1 saturated heterocycles. The third kappa shape index (κ3) is 15.4. The van der Waals surface area contributed by atoms with Crippen molar-refractivity contribution < 1.29 is 9.59 Å². The van der Waals surface area contributed by atoms with Gasteiger partial charge in [-0.1, -0.05) is 77.3 Å². The number of allylic oxidation sites excluding steroid dienone is 1. The van der Waals surface area contributed by atoms with Crippen LogP contribution in [0, 0.1) is 23.0 Å². The summed E-state index contributed by atoms with van der Waals surface area (Å²) in [4.78, 5) is 25.0. The highest BCUT2D eigenvalue weighted by Crippen LogP contribution is 2.30. The number of thioether (sulfide) groups is 1. The molecule has 1 aromatic rings. The van der Waals surface area contributed by atoms with Gasteiger partial charge in [0.25, 0.3) is 0 Å². The standard InChI is InChI=1S/C17H21NOS.C9H17NO.C4H10/c1-5-6-11-20-17(13(2)3)16-9-7-15(8-10-16)14(4)18-12-19;1-8(2)7-9(11)10-5-3-4-6-10;1-4(2)3/h7-10,12,14H,5H2,1-4H3,(H,18,19);8H,3-7H2,1-2H3;4H,1-3H3. The number of nitrogens with one attached hydrogen (secondary N) is 1. The summed E-state index contributed by atoms with van der Waals surface area (Å²) < 4.78 is 0. The van der Waals surface area contributed by atoms with E-state index in [-0.39, 0.29) is 6.04 Å². The first-order valence-electron chi connectivity index (χ1n) is 12.9. The van der Waals surface area contributed by atoms with E-state index in [0.29, 0.717) is 11.8 Å². The van der Waals surface area contributed by atoms with Crippen molar-refractivity contribution in [2.24, 2.45) is 11.8 Å². The van der Waals surface area contributed by atoms with Crippen molar-refractivity contribution in [2.75, 3.05) is 13.1 Å². The van der Waals surface area contributed by atoms with Gasteiger partial charge in [-0.25, -0.2) is 0 Å². The Balaban J connectivity index is 0.000000642. The van der Waals surface area contributed by atoms with Gasteiger partial charge in [0.05, 0.1) is 6.04 Å². The van der Waals surface area contributed by atoms with Crippen molar-refractivity contribution in [3.05, 3.63) is 41.0 Å². The van der Waals surface area contributed by atoms with Crippen molar-refractivity contribution in [3.8, 4) is 11.2 Å². The minimum absolute atomic E-state index is 0.0317. The maximum atomic E-state index is 11.4. The predicted molar refractivity (Wildman–Crippen MR) is 154 cm³/mol. The number of benzene rings is 1. The van der Waals surface area contributed by atoms with E-state index in [9.17, 15) is 9.59 Å². The van der Waals surface area contributed by atoms with Crippen LogP contribution in [0.2, 0.25) is 0 Å². The topological polar surface area (TPSA) is 49.4 Å². The molecule has 0 saturated carbocycles. The van der Waals surface area contributed by atoms with Gasteiger partial charge in [-0.3, -0.25) is 9.59 Å². The number of carbonyl (C=O) groups excluding carboxylic acids is 2. The molecule has 0 radical (unpaired) electrons. The van der Waals surface area contributed by atoms with Crippen LogP contribution in [-0.4, -0.2) is 30.3 Å². The first-order valence-corrected chi connectivity index (χ1v) is 13.7. The van der Waals surface area contributed by atoms with E-state index in [1.807, 2.05) is 30.9 Å². The van der Waals surface area contributed by atoms with Crippen LogP contribution in [-0.2, 0) is 9.59 Å². The molecule has 1 heterocycles. The van der Waals surface area contributed by atoms with E-state index in [0.717, 1.165) is 43.8 Å². The average Bonchev–Trinajstić information content (AvgIpc) is 3.32. The molecule has 0 bridgehead atoms. The molecule has 1 aromatic carbocycles. The highest BCUT2D eigenvalue weighted by Gasteiger charge is 2.17. The van der Waals surface area contributed by atoms with Gasteiger partial charge in [-0.2, -0.15) is 0 Å². The molecule has 1 N–H and O–H groups in total. The fourth-order valence-corrected chi connectivity index (χ4v) is 3.95. The Hall–Kier alpha value is -2.19. The molecule has 1 unspecified atom stereocenters. The average molecular weight is 501 g/mol. The van der Waals surface area contributed by atoms with Crippen LogP contribution in [0.25, 0.3) is 4.91 Å². The molecule has 1 aliphatic heterocycles. The normalized spacial score (nSPS) is 12.9. The lowest BCUT2D eigenvalue weighted by molar-refractivity contribution is -0.130. The quantitative estimate of drug-likeness (QED) is 0.309. The van der Waals surface area contributed by atoms with Crippen molar-refractivity contribution in [1.29, 1.82) is 0 Å². The van der Waals surface area contributed by atoms with Gasteiger partial charge in [0, 0.05) is 30.8 Å². The third-order valence-electron chi connectivity index (χ3n) is 4.89. The number of nitrogens with zero attached hydrogens (tertiary/aromatic N) is 1. The summed E-state index contributed by atoms with van der Waals surface area (Å²) in [6.45, 7) is 20.9. The van der Waals surface area contributed by atoms with Gasteiger partial charge in [0.1, 0.15) is 0 Å². The molecule has 196 valence electrons. The van der Waals surface area contributed by atoms with Crippen molar-refractivity contribution in [2.45, 2.75) is 94.0 Å².